The topological polar surface area (TPSA) is 43.3 Å². The lowest BCUT2D eigenvalue weighted by atomic mass is 10.3. The number of aryl methyl sites for hydroxylation is 1. The molecule has 3 nitrogen and oxygen atoms in total. The van der Waals surface area contributed by atoms with Crippen LogP contribution >= 0.6 is 11.8 Å². The molecule has 0 saturated heterocycles. The summed E-state index contributed by atoms with van der Waals surface area (Å²) in [6.07, 6.45) is 4.12. The molecule has 0 aliphatic heterocycles. The number of aromatic nitrogens is 2. The molecule has 2 rings (SSSR count). The Balaban J connectivity index is 2.20. The van der Waals surface area contributed by atoms with Crippen LogP contribution in [-0.4, -0.2) is 21.7 Å². The zero-order valence-electron chi connectivity index (χ0n) is 8.81. The molecule has 0 unspecified atom stereocenters. The van der Waals surface area contributed by atoms with Crippen LogP contribution in [0.1, 0.15) is 11.3 Å². The molecular formula is C11H15N3S. The molecule has 2 N–H and O–H groups in total. The minimum absolute atomic E-state index is 0.733. The van der Waals surface area contributed by atoms with Crippen molar-refractivity contribution in [2.24, 2.45) is 5.73 Å². The molecule has 15 heavy (non-hydrogen) atoms. The summed E-state index contributed by atoms with van der Waals surface area (Å²) in [5.74, 6) is 1.94. The maximum absolute atomic E-state index is 5.45. The van der Waals surface area contributed by atoms with Crippen molar-refractivity contribution in [1.82, 2.24) is 9.38 Å². The summed E-state index contributed by atoms with van der Waals surface area (Å²) in [5.41, 5.74) is 8.84. The molecule has 0 fully saturated rings. The number of hydrogen-bond donors (Lipinski definition) is 1. The van der Waals surface area contributed by atoms with E-state index in [1.165, 1.54) is 5.56 Å². The zero-order chi connectivity index (χ0) is 10.7. The smallest absolute Gasteiger partial charge is 0.139 e. The van der Waals surface area contributed by atoms with Gasteiger partial charge in [-0.1, -0.05) is 6.07 Å². The van der Waals surface area contributed by atoms with E-state index < -0.39 is 0 Å². The average Bonchev–Trinajstić information content (AvgIpc) is 2.63. The van der Waals surface area contributed by atoms with Gasteiger partial charge in [0.05, 0.1) is 5.69 Å². The van der Waals surface area contributed by atoms with Crippen LogP contribution in [0.25, 0.3) is 5.65 Å². The van der Waals surface area contributed by atoms with Gasteiger partial charge in [0.2, 0.25) is 0 Å². The van der Waals surface area contributed by atoms with Gasteiger partial charge >= 0.3 is 0 Å². The molecule has 0 radical (unpaired) electrons. The van der Waals surface area contributed by atoms with E-state index in [0.717, 1.165) is 29.4 Å². The van der Waals surface area contributed by atoms with E-state index in [9.17, 15) is 0 Å². The van der Waals surface area contributed by atoms with Crippen molar-refractivity contribution in [3.8, 4) is 0 Å². The summed E-state index contributed by atoms with van der Waals surface area (Å²) in [7, 11) is 0. The van der Waals surface area contributed by atoms with E-state index in [0.29, 0.717) is 0 Å². The fourth-order valence-electron chi connectivity index (χ4n) is 1.53. The van der Waals surface area contributed by atoms with E-state index in [2.05, 4.69) is 28.6 Å². The van der Waals surface area contributed by atoms with Crippen LogP contribution in [0, 0.1) is 6.92 Å². The van der Waals surface area contributed by atoms with Gasteiger partial charge in [0.1, 0.15) is 5.65 Å². The molecule has 0 bridgehead atoms. The molecule has 2 aromatic rings. The van der Waals surface area contributed by atoms with Crippen molar-refractivity contribution < 1.29 is 0 Å². The minimum Gasteiger partial charge on any atom is -0.330 e. The Bertz CT molecular complexity index is 450. The third kappa shape index (κ3) is 2.33. The third-order valence-corrected chi connectivity index (χ3v) is 3.26. The summed E-state index contributed by atoms with van der Waals surface area (Å²) >= 11 is 1.83. The van der Waals surface area contributed by atoms with Crippen LogP contribution in [-0.2, 0) is 5.75 Å². The van der Waals surface area contributed by atoms with E-state index in [1.54, 1.807) is 0 Å². The Kier molecular flexibility index (Phi) is 3.28. The van der Waals surface area contributed by atoms with Gasteiger partial charge in [0.25, 0.3) is 0 Å². The summed E-state index contributed by atoms with van der Waals surface area (Å²) in [5, 5.41) is 0. The fraction of sp³-hybridized carbons (Fsp3) is 0.364. The van der Waals surface area contributed by atoms with Crippen LogP contribution in [0.5, 0.6) is 0 Å². The standard InChI is InChI=1S/C11H15N3S/c1-9-3-2-5-14-7-10(13-11(9)14)8-15-6-4-12/h2-3,5,7H,4,6,8,12H2,1H3. The predicted molar refractivity (Wildman–Crippen MR) is 65.1 cm³/mol. The summed E-state index contributed by atoms with van der Waals surface area (Å²) in [4.78, 5) is 4.59. The number of fused-ring (bicyclic) bond motifs is 1. The number of rotatable bonds is 4. The van der Waals surface area contributed by atoms with E-state index >= 15 is 0 Å². The number of thioether (sulfide) groups is 1. The van der Waals surface area contributed by atoms with E-state index in [4.69, 9.17) is 5.73 Å². The second-order valence-corrected chi connectivity index (χ2v) is 4.60. The van der Waals surface area contributed by atoms with Crippen LogP contribution < -0.4 is 5.73 Å². The van der Waals surface area contributed by atoms with Gasteiger partial charge in [-0.2, -0.15) is 11.8 Å². The molecule has 4 heteroatoms. The van der Waals surface area contributed by atoms with E-state index in [-0.39, 0.29) is 0 Å². The first-order valence-electron chi connectivity index (χ1n) is 5.02. The Hall–Kier alpha value is -1.00. The Morgan fingerprint density at radius 3 is 3.13 bits per heavy atom. The molecule has 0 aromatic carbocycles. The molecule has 0 aliphatic carbocycles. The lowest BCUT2D eigenvalue weighted by molar-refractivity contribution is 1.14. The van der Waals surface area contributed by atoms with Crippen LogP contribution in [0.15, 0.2) is 24.5 Å². The van der Waals surface area contributed by atoms with Crippen molar-refractivity contribution in [3.05, 3.63) is 35.8 Å². The van der Waals surface area contributed by atoms with E-state index in [1.807, 2.05) is 24.0 Å². The third-order valence-electron chi connectivity index (χ3n) is 2.24. The molecule has 2 aromatic heterocycles. The highest BCUT2D eigenvalue weighted by Gasteiger charge is 2.02. The summed E-state index contributed by atoms with van der Waals surface area (Å²) in [6.45, 7) is 2.82. The van der Waals surface area contributed by atoms with Crippen molar-refractivity contribution in [2.75, 3.05) is 12.3 Å². The Morgan fingerprint density at radius 2 is 2.40 bits per heavy atom. The summed E-state index contributed by atoms with van der Waals surface area (Å²) < 4.78 is 2.08. The van der Waals surface area contributed by atoms with Crippen molar-refractivity contribution >= 4 is 17.4 Å². The SMILES string of the molecule is Cc1cccn2cc(CSCCN)nc12. The molecule has 80 valence electrons. The number of pyridine rings is 1. The maximum Gasteiger partial charge on any atom is 0.139 e. The lowest BCUT2D eigenvalue weighted by Gasteiger charge is -1.94. The first kappa shape index (κ1) is 10.5. The van der Waals surface area contributed by atoms with Gasteiger partial charge in [0, 0.05) is 30.4 Å². The monoisotopic (exact) mass is 221 g/mol. The van der Waals surface area contributed by atoms with Crippen molar-refractivity contribution in [1.29, 1.82) is 0 Å². The fourth-order valence-corrected chi connectivity index (χ4v) is 2.19. The maximum atomic E-state index is 5.45. The number of nitrogens with zero attached hydrogens (tertiary/aromatic N) is 2. The van der Waals surface area contributed by atoms with Crippen molar-refractivity contribution in [2.45, 2.75) is 12.7 Å². The molecule has 0 spiro atoms. The van der Waals surface area contributed by atoms with Crippen LogP contribution in [0.3, 0.4) is 0 Å². The second-order valence-electron chi connectivity index (χ2n) is 3.50. The van der Waals surface area contributed by atoms with Gasteiger partial charge in [0.15, 0.2) is 0 Å². The summed E-state index contributed by atoms with van der Waals surface area (Å²) in [6, 6.07) is 4.12. The normalized spacial score (nSPS) is 11.1. The van der Waals surface area contributed by atoms with Crippen LogP contribution in [0.2, 0.25) is 0 Å². The average molecular weight is 221 g/mol. The lowest BCUT2D eigenvalue weighted by Crippen LogP contribution is -2.01. The molecule has 2 heterocycles. The van der Waals surface area contributed by atoms with Gasteiger partial charge < -0.3 is 10.1 Å². The number of hydrogen-bond acceptors (Lipinski definition) is 3. The Labute approximate surface area is 93.7 Å². The molecule has 0 amide bonds. The van der Waals surface area contributed by atoms with Gasteiger partial charge in [-0.05, 0) is 18.6 Å². The predicted octanol–water partition coefficient (Wildman–Crippen LogP) is 1.83. The highest BCUT2D eigenvalue weighted by Crippen LogP contribution is 2.14. The quantitative estimate of drug-likeness (QED) is 0.801. The molecular weight excluding hydrogens is 206 g/mol. The molecule has 0 atom stereocenters. The largest absolute Gasteiger partial charge is 0.330 e. The Morgan fingerprint density at radius 1 is 1.53 bits per heavy atom. The first-order valence-corrected chi connectivity index (χ1v) is 6.18. The van der Waals surface area contributed by atoms with Gasteiger partial charge in [-0.25, -0.2) is 4.98 Å². The number of nitrogens with two attached hydrogens (primary N) is 1. The second kappa shape index (κ2) is 4.68. The van der Waals surface area contributed by atoms with Crippen LogP contribution in [0.4, 0.5) is 0 Å². The number of imidazole rings is 1. The van der Waals surface area contributed by atoms with Gasteiger partial charge in [-0.15, -0.1) is 0 Å². The highest BCUT2D eigenvalue weighted by atomic mass is 32.2. The molecule has 0 aliphatic rings. The van der Waals surface area contributed by atoms with Crippen molar-refractivity contribution in [3.63, 3.8) is 0 Å². The first-order chi connectivity index (χ1) is 7.31. The highest BCUT2D eigenvalue weighted by molar-refractivity contribution is 7.98. The minimum atomic E-state index is 0.733. The molecule has 0 saturated carbocycles. The van der Waals surface area contributed by atoms with Gasteiger partial charge in [-0.3, -0.25) is 0 Å². The zero-order valence-corrected chi connectivity index (χ0v) is 9.63.